The molecule has 0 saturated heterocycles. The molecule has 0 fully saturated rings. The van der Waals surface area contributed by atoms with Gasteiger partial charge in [0.15, 0.2) is 0 Å². The molecule has 0 rings (SSSR count). The highest BCUT2D eigenvalue weighted by atomic mass is 32.2. The minimum Gasteiger partial charge on any atom is -0.480 e. The van der Waals surface area contributed by atoms with Gasteiger partial charge < -0.3 is 10.8 Å². The molecule has 0 aromatic carbocycles. The van der Waals surface area contributed by atoms with Crippen LogP contribution in [0.2, 0.25) is 0 Å². The van der Waals surface area contributed by atoms with E-state index in [4.69, 9.17) is 10.8 Å². The molecule has 0 heterocycles. The van der Waals surface area contributed by atoms with E-state index >= 15 is 0 Å². The highest BCUT2D eigenvalue weighted by molar-refractivity contribution is 8.00. The first kappa shape index (κ1) is 20.8. The molecule has 1 atom stereocenters. The Morgan fingerprint density at radius 3 is 1.86 bits per heavy atom. The van der Waals surface area contributed by atoms with E-state index in [0.29, 0.717) is 0 Å². The minimum atomic E-state index is -0.907. The molecule has 0 aliphatic heterocycles. The molecule has 0 bridgehead atoms. The maximum atomic E-state index is 10.9. The van der Waals surface area contributed by atoms with Crippen LogP contribution in [0.3, 0.4) is 0 Å². The van der Waals surface area contributed by atoms with E-state index in [1.54, 1.807) is 11.8 Å². The first-order valence-corrected chi connectivity index (χ1v) is 9.52. The van der Waals surface area contributed by atoms with Gasteiger partial charge in [-0.05, 0) is 26.0 Å². The summed E-state index contributed by atoms with van der Waals surface area (Å²) in [6.45, 7) is 6.10. The number of aliphatic carboxylic acids is 1. The van der Waals surface area contributed by atoms with Crippen LogP contribution in [0.15, 0.2) is 0 Å². The largest absolute Gasteiger partial charge is 0.480 e. The Balaban J connectivity index is 3.42. The normalized spacial score (nSPS) is 13.3. The lowest BCUT2D eigenvalue weighted by atomic mass is 10.1. The van der Waals surface area contributed by atoms with E-state index in [1.165, 1.54) is 57.8 Å². The molecule has 3 N–H and O–H groups in total. The Bertz CT molecular complexity index is 270. The third-order valence-electron chi connectivity index (χ3n) is 3.99. The van der Waals surface area contributed by atoms with Crippen molar-refractivity contribution in [2.75, 3.05) is 5.75 Å². The highest BCUT2D eigenvalue weighted by Crippen LogP contribution is 2.28. The fourth-order valence-corrected chi connectivity index (χ4v) is 3.47. The lowest BCUT2D eigenvalue weighted by Crippen LogP contribution is -2.46. The predicted octanol–water partition coefficient (Wildman–Crippen LogP) is 4.83. The Kier molecular flexibility index (Phi) is 12.2. The maximum absolute atomic E-state index is 10.9. The van der Waals surface area contributed by atoms with Crippen LogP contribution in [0.4, 0.5) is 0 Å². The van der Waals surface area contributed by atoms with Crippen LogP contribution in [0.25, 0.3) is 0 Å². The van der Waals surface area contributed by atoms with Crippen molar-refractivity contribution in [1.29, 1.82) is 0 Å². The molecule has 0 aliphatic rings. The fourth-order valence-electron chi connectivity index (χ4n) is 2.31. The number of unbranched alkanes of at least 4 members (excludes halogenated alkanes) is 9. The molecular formula is C17H35NO2S. The summed E-state index contributed by atoms with van der Waals surface area (Å²) < 4.78 is -0.384. The van der Waals surface area contributed by atoms with E-state index in [1.807, 2.05) is 13.8 Å². The zero-order valence-electron chi connectivity index (χ0n) is 14.2. The number of nitrogens with two attached hydrogens (primary N) is 1. The van der Waals surface area contributed by atoms with Crippen LogP contribution >= 0.6 is 11.8 Å². The third kappa shape index (κ3) is 11.1. The Morgan fingerprint density at radius 1 is 1.00 bits per heavy atom. The van der Waals surface area contributed by atoms with Gasteiger partial charge in [-0.15, -0.1) is 0 Å². The second-order valence-electron chi connectivity index (χ2n) is 6.45. The summed E-state index contributed by atoms with van der Waals surface area (Å²) >= 11 is 1.69. The smallest absolute Gasteiger partial charge is 0.321 e. The average molecular weight is 318 g/mol. The van der Waals surface area contributed by atoms with E-state index in [-0.39, 0.29) is 4.75 Å². The first-order valence-electron chi connectivity index (χ1n) is 8.54. The molecule has 0 aromatic rings. The lowest BCUT2D eigenvalue weighted by molar-refractivity contribution is -0.139. The second kappa shape index (κ2) is 12.3. The lowest BCUT2D eigenvalue weighted by Gasteiger charge is -2.27. The van der Waals surface area contributed by atoms with Gasteiger partial charge in [0, 0.05) is 4.75 Å². The van der Waals surface area contributed by atoms with Gasteiger partial charge in [-0.1, -0.05) is 64.7 Å². The van der Waals surface area contributed by atoms with Gasteiger partial charge in [0.2, 0.25) is 0 Å². The van der Waals surface area contributed by atoms with Crippen molar-refractivity contribution in [3.05, 3.63) is 0 Å². The fraction of sp³-hybridized carbons (Fsp3) is 0.941. The van der Waals surface area contributed by atoms with Gasteiger partial charge in [-0.25, -0.2) is 0 Å². The van der Waals surface area contributed by atoms with Gasteiger partial charge in [-0.2, -0.15) is 11.8 Å². The van der Waals surface area contributed by atoms with Crippen molar-refractivity contribution in [2.24, 2.45) is 5.73 Å². The van der Waals surface area contributed by atoms with Crippen LogP contribution in [0.5, 0.6) is 0 Å². The highest BCUT2D eigenvalue weighted by Gasteiger charge is 2.32. The van der Waals surface area contributed by atoms with Crippen LogP contribution in [0, 0.1) is 0 Å². The molecule has 4 heteroatoms. The van der Waals surface area contributed by atoms with Crippen molar-refractivity contribution in [3.63, 3.8) is 0 Å². The van der Waals surface area contributed by atoms with E-state index in [9.17, 15) is 4.79 Å². The molecular weight excluding hydrogens is 282 g/mol. The topological polar surface area (TPSA) is 63.3 Å². The number of carbonyl (C=O) groups is 1. The molecule has 0 amide bonds. The van der Waals surface area contributed by atoms with Crippen LogP contribution < -0.4 is 5.73 Å². The second-order valence-corrected chi connectivity index (χ2v) is 8.20. The van der Waals surface area contributed by atoms with Crippen molar-refractivity contribution in [3.8, 4) is 0 Å². The van der Waals surface area contributed by atoms with E-state index < -0.39 is 12.0 Å². The summed E-state index contributed by atoms with van der Waals surface area (Å²) in [5.74, 6) is 0.0976. The van der Waals surface area contributed by atoms with Gasteiger partial charge in [0.05, 0.1) is 0 Å². The summed E-state index contributed by atoms with van der Waals surface area (Å²) in [6.07, 6.45) is 13.3. The molecule has 126 valence electrons. The number of carboxylic acids is 1. The van der Waals surface area contributed by atoms with Gasteiger partial charge >= 0.3 is 5.97 Å². The van der Waals surface area contributed by atoms with Gasteiger partial charge in [0.25, 0.3) is 0 Å². The number of hydrogen-bond donors (Lipinski definition) is 2. The zero-order chi connectivity index (χ0) is 16.1. The van der Waals surface area contributed by atoms with E-state index in [0.717, 1.165) is 12.2 Å². The molecule has 0 spiro atoms. The zero-order valence-corrected chi connectivity index (χ0v) is 15.0. The number of rotatable bonds is 14. The predicted molar refractivity (Wildman–Crippen MR) is 94.0 cm³/mol. The van der Waals surface area contributed by atoms with Crippen molar-refractivity contribution in [1.82, 2.24) is 0 Å². The molecule has 0 saturated carbocycles. The van der Waals surface area contributed by atoms with Crippen molar-refractivity contribution >= 4 is 17.7 Å². The molecule has 3 nitrogen and oxygen atoms in total. The molecule has 0 aromatic heterocycles. The number of thioether (sulfide) groups is 1. The van der Waals surface area contributed by atoms with Gasteiger partial charge in [-0.3, -0.25) is 4.79 Å². The number of carboxylic acid groups (broad SMARTS) is 1. The minimum absolute atomic E-state index is 0.384. The standard InChI is InChI=1S/C17H35NO2S/c1-4-5-6-7-8-9-10-11-12-13-14-21-17(2,3)15(18)16(19)20/h15H,4-14,18H2,1-3H3,(H,19,20)/t15-/m1/s1. The molecule has 0 radical (unpaired) electrons. The van der Waals surface area contributed by atoms with E-state index in [2.05, 4.69) is 6.92 Å². The maximum Gasteiger partial charge on any atom is 0.321 e. The van der Waals surface area contributed by atoms with Crippen molar-refractivity contribution < 1.29 is 9.90 Å². The van der Waals surface area contributed by atoms with Crippen LogP contribution in [0.1, 0.15) is 85.0 Å². The quantitative estimate of drug-likeness (QED) is 0.450. The summed E-state index contributed by atoms with van der Waals surface area (Å²) in [5.41, 5.74) is 5.70. The summed E-state index contributed by atoms with van der Waals surface area (Å²) in [5, 5.41) is 8.96. The van der Waals surface area contributed by atoms with Crippen LogP contribution in [-0.4, -0.2) is 27.6 Å². The van der Waals surface area contributed by atoms with Crippen LogP contribution in [-0.2, 0) is 4.79 Å². The number of hydrogen-bond acceptors (Lipinski definition) is 3. The Labute approximate surface area is 135 Å². The summed E-state index contributed by atoms with van der Waals surface area (Å²) in [4.78, 5) is 10.9. The molecule has 21 heavy (non-hydrogen) atoms. The monoisotopic (exact) mass is 317 g/mol. The van der Waals surface area contributed by atoms with Crippen molar-refractivity contribution in [2.45, 2.75) is 95.8 Å². The molecule has 0 unspecified atom stereocenters. The first-order chi connectivity index (χ1) is 9.91. The Morgan fingerprint density at radius 2 is 1.43 bits per heavy atom. The Hall–Kier alpha value is -0.220. The van der Waals surface area contributed by atoms with Gasteiger partial charge in [0.1, 0.15) is 6.04 Å². The summed E-state index contributed by atoms with van der Waals surface area (Å²) in [6, 6.07) is -0.786. The average Bonchev–Trinajstić information content (AvgIpc) is 2.43. The third-order valence-corrected chi connectivity index (χ3v) is 5.48. The SMILES string of the molecule is CCCCCCCCCCCCSC(C)(C)[C@H](N)C(=O)O. The summed E-state index contributed by atoms with van der Waals surface area (Å²) in [7, 11) is 0. The molecule has 0 aliphatic carbocycles.